The van der Waals surface area contributed by atoms with E-state index in [1.807, 2.05) is 0 Å². The van der Waals surface area contributed by atoms with Crippen LogP contribution in [-0.2, 0) is 4.79 Å². The lowest BCUT2D eigenvalue weighted by Gasteiger charge is -2.18. The largest absolute Gasteiger partial charge is 0.368 e. The van der Waals surface area contributed by atoms with Crippen LogP contribution in [0.15, 0.2) is 35.3 Å². The molecule has 110 valence electrons. The second kappa shape index (κ2) is 5.78. The molecule has 0 saturated carbocycles. The van der Waals surface area contributed by atoms with E-state index in [1.165, 1.54) is 6.20 Å². The first-order valence-corrected chi connectivity index (χ1v) is 6.62. The molecule has 1 heterocycles. The van der Waals surface area contributed by atoms with Crippen LogP contribution in [0.1, 0.15) is 24.2 Å². The molecule has 0 unspecified atom stereocenters. The number of carbonyl (C=O) groups is 2. The van der Waals surface area contributed by atoms with Gasteiger partial charge in [-0.1, -0.05) is 26.0 Å². The van der Waals surface area contributed by atoms with Crippen LogP contribution >= 0.6 is 0 Å². The molecule has 1 atom stereocenters. The second-order valence-electron chi connectivity index (χ2n) is 5.17. The fraction of sp³-hybridized carbons (Fsp3) is 0.267. The standard InChI is InChI=1S/C15H17N3O3/c1-8(2)12(14(16)20)18-15(21)10-7-17-11-6-4-3-5-9(11)13(10)19/h3-8,12H,1-2H3,(H2,16,20)(H,17,19)(H,18,21)/t12-/m1/s1. The molecule has 0 radical (unpaired) electrons. The summed E-state index contributed by atoms with van der Waals surface area (Å²) < 4.78 is 0. The number of primary amides is 1. The van der Waals surface area contributed by atoms with Crippen molar-refractivity contribution in [2.45, 2.75) is 19.9 Å². The third-order valence-electron chi connectivity index (χ3n) is 3.29. The molecule has 21 heavy (non-hydrogen) atoms. The molecule has 0 saturated heterocycles. The minimum Gasteiger partial charge on any atom is -0.368 e. The van der Waals surface area contributed by atoms with Crippen molar-refractivity contribution < 1.29 is 9.59 Å². The molecule has 0 aliphatic rings. The summed E-state index contributed by atoms with van der Waals surface area (Å²) in [7, 11) is 0. The molecule has 4 N–H and O–H groups in total. The third-order valence-corrected chi connectivity index (χ3v) is 3.29. The van der Waals surface area contributed by atoms with Crippen LogP contribution in [0.2, 0.25) is 0 Å². The molecule has 0 fully saturated rings. The summed E-state index contributed by atoms with van der Waals surface area (Å²) in [6.45, 7) is 3.53. The SMILES string of the molecule is CC(C)[C@@H](NC(=O)c1c[nH]c2ccccc2c1=O)C(N)=O. The maximum absolute atomic E-state index is 12.3. The van der Waals surface area contributed by atoms with Crippen LogP contribution in [0.4, 0.5) is 0 Å². The molecule has 6 nitrogen and oxygen atoms in total. The Bertz CT molecular complexity index is 749. The van der Waals surface area contributed by atoms with Crippen LogP contribution in [0.5, 0.6) is 0 Å². The Balaban J connectivity index is 2.38. The molecular weight excluding hydrogens is 270 g/mol. The zero-order valence-corrected chi connectivity index (χ0v) is 11.8. The van der Waals surface area contributed by atoms with Gasteiger partial charge in [-0.15, -0.1) is 0 Å². The van der Waals surface area contributed by atoms with Crippen LogP contribution in [0, 0.1) is 5.92 Å². The van der Waals surface area contributed by atoms with Gasteiger partial charge in [0.15, 0.2) is 0 Å². The lowest BCUT2D eigenvalue weighted by molar-refractivity contribution is -0.120. The summed E-state index contributed by atoms with van der Waals surface area (Å²) >= 11 is 0. The maximum Gasteiger partial charge on any atom is 0.257 e. The smallest absolute Gasteiger partial charge is 0.257 e. The minimum absolute atomic E-state index is 0.0411. The van der Waals surface area contributed by atoms with E-state index in [2.05, 4.69) is 10.3 Å². The number of aromatic amines is 1. The van der Waals surface area contributed by atoms with Crippen molar-refractivity contribution in [2.75, 3.05) is 0 Å². The number of hydrogen-bond donors (Lipinski definition) is 3. The van der Waals surface area contributed by atoms with Gasteiger partial charge in [0, 0.05) is 17.1 Å². The number of aromatic nitrogens is 1. The Morgan fingerprint density at radius 3 is 2.52 bits per heavy atom. The van der Waals surface area contributed by atoms with E-state index >= 15 is 0 Å². The first-order chi connectivity index (χ1) is 9.91. The number of carbonyl (C=O) groups excluding carboxylic acids is 2. The summed E-state index contributed by atoms with van der Waals surface area (Å²) in [4.78, 5) is 38.7. The highest BCUT2D eigenvalue weighted by Crippen LogP contribution is 2.08. The number of pyridine rings is 1. The Morgan fingerprint density at radius 1 is 1.24 bits per heavy atom. The van der Waals surface area contributed by atoms with E-state index in [1.54, 1.807) is 38.1 Å². The average molecular weight is 287 g/mol. The maximum atomic E-state index is 12.3. The fourth-order valence-electron chi connectivity index (χ4n) is 2.12. The summed E-state index contributed by atoms with van der Waals surface area (Å²) in [5.41, 5.74) is 5.48. The minimum atomic E-state index is -0.816. The number of rotatable bonds is 4. The first kappa shape index (κ1) is 14.8. The van der Waals surface area contributed by atoms with Crippen LogP contribution < -0.4 is 16.5 Å². The first-order valence-electron chi connectivity index (χ1n) is 6.62. The van der Waals surface area contributed by atoms with Crippen molar-refractivity contribution in [1.29, 1.82) is 0 Å². The molecule has 0 aliphatic carbocycles. The van der Waals surface area contributed by atoms with Crippen LogP contribution in [-0.4, -0.2) is 22.8 Å². The van der Waals surface area contributed by atoms with Crippen LogP contribution in [0.3, 0.4) is 0 Å². The molecular formula is C15H17N3O3. The zero-order chi connectivity index (χ0) is 15.6. The second-order valence-corrected chi connectivity index (χ2v) is 5.17. The number of para-hydroxylation sites is 1. The Morgan fingerprint density at radius 2 is 1.90 bits per heavy atom. The fourth-order valence-corrected chi connectivity index (χ4v) is 2.12. The number of nitrogens with one attached hydrogen (secondary N) is 2. The number of hydrogen-bond acceptors (Lipinski definition) is 3. The Labute approximate surface area is 121 Å². The van der Waals surface area contributed by atoms with Gasteiger partial charge >= 0.3 is 0 Å². The van der Waals surface area contributed by atoms with E-state index in [4.69, 9.17) is 5.73 Å². The molecule has 2 aromatic rings. The molecule has 0 aliphatic heterocycles. The highest BCUT2D eigenvalue weighted by atomic mass is 16.2. The van der Waals surface area contributed by atoms with Gasteiger partial charge < -0.3 is 16.0 Å². The highest BCUT2D eigenvalue weighted by molar-refractivity contribution is 5.99. The third kappa shape index (κ3) is 2.94. The van der Waals surface area contributed by atoms with Crippen molar-refractivity contribution in [3.63, 3.8) is 0 Å². The monoisotopic (exact) mass is 287 g/mol. The van der Waals surface area contributed by atoms with Gasteiger partial charge in [-0.25, -0.2) is 0 Å². The number of amides is 2. The quantitative estimate of drug-likeness (QED) is 0.773. The van der Waals surface area contributed by atoms with Gasteiger partial charge in [-0.2, -0.15) is 0 Å². The van der Waals surface area contributed by atoms with Gasteiger partial charge in [0.25, 0.3) is 5.91 Å². The van der Waals surface area contributed by atoms with Crippen molar-refractivity contribution in [3.05, 3.63) is 46.2 Å². The normalized spacial score (nSPS) is 12.3. The topological polar surface area (TPSA) is 105 Å². The Hall–Kier alpha value is -2.63. The van der Waals surface area contributed by atoms with Gasteiger partial charge in [0.05, 0.1) is 0 Å². The van der Waals surface area contributed by atoms with Gasteiger partial charge in [0.2, 0.25) is 11.3 Å². The average Bonchev–Trinajstić information content (AvgIpc) is 2.44. The number of H-pyrrole nitrogens is 1. The molecule has 2 amide bonds. The van der Waals surface area contributed by atoms with E-state index in [9.17, 15) is 14.4 Å². The van der Waals surface area contributed by atoms with Gasteiger partial charge in [-0.3, -0.25) is 14.4 Å². The Kier molecular flexibility index (Phi) is 4.07. The lowest BCUT2D eigenvalue weighted by Crippen LogP contribution is -2.48. The summed E-state index contributed by atoms with van der Waals surface area (Å²) in [6.07, 6.45) is 1.35. The lowest BCUT2D eigenvalue weighted by atomic mass is 10.0. The van der Waals surface area contributed by atoms with E-state index in [0.717, 1.165) is 0 Å². The summed E-state index contributed by atoms with van der Waals surface area (Å²) in [6, 6.07) is 6.08. The number of fused-ring (bicyclic) bond motifs is 1. The number of benzene rings is 1. The van der Waals surface area contributed by atoms with Gasteiger partial charge in [0.1, 0.15) is 11.6 Å². The summed E-state index contributed by atoms with van der Waals surface area (Å²) in [5, 5.41) is 2.93. The predicted molar refractivity (Wildman–Crippen MR) is 79.9 cm³/mol. The molecule has 1 aromatic carbocycles. The summed E-state index contributed by atoms with van der Waals surface area (Å²) in [5.74, 6) is -1.40. The van der Waals surface area contributed by atoms with Crippen molar-refractivity contribution >= 4 is 22.7 Å². The molecule has 0 spiro atoms. The van der Waals surface area contributed by atoms with Crippen molar-refractivity contribution in [2.24, 2.45) is 11.7 Å². The van der Waals surface area contributed by atoms with Crippen LogP contribution in [0.25, 0.3) is 10.9 Å². The molecule has 2 rings (SSSR count). The van der Waals surface area contributed by atoms with E-state index in [0.29, 0.717) is 10.9 Å². The van der Waals surface area contributed by atoms with Gasteiger partial charge in [-0.05, 0) is 18.1 Å². The predicted octanol–water partition coefficient (Wildman–Crippen LogP) is 0.768. The number of nitrogens with two attached hydrogens (primary N) is 1. The molecule has 1 aromatic heterocycles. The molecule has 0 bridgehead atoms. The van der Waals surface area contributed by atoms with Crippen molar-refractivity contribution in [3.8, 4) is 0 Å². The zero-order valence-electron chi connectivity index (χ0n) is 11.8. The molecule has 6 heteroatoms. The highest BCUT2D eigenvalue weighted by Gasteiger charge is 2.23. The van der Waals surface area contributed by atoms with Crippen molar-refractivity contribution in [1.82, 2.24) is 10.3 Å². The van der Waals surface area contributed by atoms with E-state index in [-0.39, 0.29) is 16.9 Å². The van der Waals surface area contributed by atoms with E-state index < -0.39 is 17.9 Å².